The molecule has 1 N–H and O–H groups in total. The molecule has 3 heteroatoms. The monoisotopic (exact) mass is 401 g/mol. The SMILES string of the molecule is Cc1cc(-c2ccc(CNc3cc(-c4ccc5ccccc5c4)ccn3)cc2)ccn1. The minimum atomic E-state index is 0.726. The van der Waals surface area contributed by atoms with Gasteiger partial charge >= 0.3 is 0 Å². The van der Waals surface area contributed by atoms with Crippen LogP contribution in [0, 0.1) is 6.92 Å². The fourth-order valence-corrected chi connectivity index (χ4v) is 3.81. The molecule has 0 saturated heterocycles. The van der Waals surface area contributed by atoms with Gasteiger partial charge in [-0.15, -0.1) is 0 Å². The third-order valence-electron chi connectivity index (χ3n) is 5.50. The molecule has 0 amide bonds. The van der Waals surface area contributed by atoms with E-state index in [9.17, 15) is 0 Å². The molecule has 31 heavy (non-hydrogen) atoms. The highest BCUT2D eigenvalue weighted by molar-refractivity contribution is 5.87. The maximum absolute atomic E-state index is 4.50. The molecule has 0 atom stereocenters. The number of hydrogen-bond acceptors (Lipinski definition) is 3. The van der Waals surface area contributed by atoms with Crippen LogP contribution in [0.15, 0.2) is 103 Å². The lowest BCUT2D eigenvalue weighted by Crippen LogP contribution is -2.01. The minimum absolute atomic E-state index is 0.726. The second-order valence-electron chi connectivity index (χ2n) is 7.73. The molecule has 150 valence electrons. The second kappa shape index (κ2) is 8.41. The highest BCUT2D eigenvalue weighted by Gasteiger charge is 2.03. The summed E-state index contributed by atoms with van der Waals surface area (Å²) in [5.41, 5.74) is 6.99. The molecule has 5 aromatic rings. The number of hydrogen-bond donors (Lipinski definition) is 1. The summed E-state index contributed by atoms with van der Waals surface area (Å²) in [6.07, 6.45) is 3.72. The van der Waals surface area contributed by atoms with Crippen molar-refractivity contribution in [2.75, 3.05) is 5.32 Å². The van der Waals surface area contributed by atoms with Crippen LogP contribution in [0.1, 0.15) is 11.3 Å². The Morgan fingerprint density at radius 3 is 2.10 bits per heavy atom. The second-order valence-corrected chi connectivity index (χ2v) is 7.73. The first kappa shape index (κ1) is 19.0. The van der Waals surface area contributed by atoms with Crippen molar-refractivity contribution in [3.05, 3.63) is 115 Å². The van der Waals surface area contributed by atoms with Crippen molar-refractivity contribution in [1.29, 1.82) is 0 Å². The lowest BCUT2D eigenvalue weighted by Gasteiger charge is -2.09. The van der Waals surface area contributed by atoms with E-state index in [1.54, 1.807) is 0 Å². The van der Waals surface area contributed by atoms with Gasteiger partial charge in [0, 0.05) is 24.6 Å². The van der Waals surface area contributed by atoms with Crippen molar-refractivity contribution in [2.45, 2.75) is 13.5 Å². The van der Waals surface area contributed by atoms with E-state index in [2.05, 4.69) is 100 Å². The Balaban J connectivity index is 1.30. The van der Waals surface area contributed by atoms with Crippen LogP contribution in [0.5, 0.6) is 0 Å². The first-order valence-corrected chi connectivity index (χ1v) is 10.5. The highest BCUT2D eigenvalue weighted by Crippen LogP contribution is 2.26. The zero-order valence-corrected chi connectivity index (χ0v) is 17.4. The van der Waals surface area contributed by atoms with Crippen LogP contribution in [-0.4, -0.2) is 9.97 Å². The van der Waals surface area contributed by atoms with Gasteiger partial charge in [-0.3, -0.25) is 4.98 Å². The molecule has 0 bridgehead atoms. The summed E-state index contributed by atoms with van der Waals surface area (Å²) in [7, 11) is 0. The van der Waals surface area contributed by atoms with Gasteiger partial charge in [-0.2, -0.15) is 0 Å². The molecule has 3 nitrogen and oxygen atoms in total. The molecule has 3 aromatic carbocycles. The molecule has 0 aliphatic rings. The zero-order chi connectivity index (χ0) is 21.0. The Bertz CT molecular complexity index is 1340. The smallest absolute Gasteiger partial charge is 0.126 e. The molecule has 2 heterocycles. The Labute approximate surface area is 182 Å². The number of aromatic nitrogens is 2. The lowest BCUT2D eigenvalue weighted by atomic mass is 10.0. The fourth-order valence-electron chi connectivity index (χ4n) is 3.81. The van der Waals surface area contributed by atoms with Crippen LogP contribution < -0.4 is 5.32 Å². The molecule has 0 unspecified atom stereocenters. The van der Waals surface area contributed by atoms with E-state index >= 15 is 0 Å². The van der Waals surface area contributed by atoms with Crippen molar-refractivity contribution >= 4 is 16.6 Å². The van der Waals surface area contributed by atoms with E-state index in [4.69, 9.17) is 0 Å². The zero-order valence-electron chi connectivity index (χ0n) is 17.4. The topological polar surface area (TPSA) is 37.8 Å². The van der Waals surface area contributed by atoms with Gasteiger partial charge < -0.3 is 5.32 Å². The van der Waals surface area contributed by atoms with Gasteiger partial charge in [0.25, 0.3) is 0 Å². The van der Waals surface area contributed by atoms with Crippen LogP contribution in [0.3, 0.4) is 0 Å². The molecule has 0 aliphatic carbocycles. The van der Waals surface area contributed by atoms with Crippen LogP contribution in [0.25, 0.3) is 33.0 Å². The fraction of sp³-hybridized carbons (Fsp3) is 0.0714. The van der Waals surface area contributed by atoms with Gasteiger partial charge in [0.05, 0.1) is 0 Å². The number of pyridine rings is 2. The minimum Gasteiger partial charge on any atom is -0.366 e. The summed E-state index contributed by atoms with van der Waals surface area (Å²) in [4.78, 5) is 8.77. The number of fused-ring (bicyclic) bond motifs is 1. The Kier molecular flexibility index (Phi) is 5.16. The summed E-state index contributed by atoms with van der Waals surface area (Å²) in [5, 5.41) is 5.96. The molecule has 0 fully saturated rings. The van der Waals surface area contributed by atoms with Crippen molar-refractivity contribution in [3.8, 4) is 22.3 Å². The van der Waals surface area contributed by atoms with Crippen LogP contribution in [-0.2, 0) is 6.54 Å². The van der Waals surface area contributed by atoms with Gasteiger partial charge in [0.2, 0.25) is 0 Å². The van der Waals surface area contributed by atoms with Crippen molar-refractivity contribution in [2.24, 2.45) is 0 Å². The first-order chi connectivity index (χ1) is 15.2. The van der Waals surface area contributed by atoms with E-state index in [-0.39, 0.29) is 0 Å². The van der Waals surface area contributed by atoms with Crippen LogP contribution >= 0.6 is 0 Å². The van der Waals surface area contributed by atoms with Gasteiger partial charge in [0.1, 0.15) is 5.82 Å². The highest BCUT2D eigenvalue weighted by atomic mass is 15.0. The normalized spacial score (nSPS) is 10.9. The summed E-state index contributed by atoms with van der Waals surface area (Å²) < 4.78 is 0. The number of rotatable bonds is 5. The van der Waals surface area contributed by atoms with Crippen molar-refractivity contribution in [1.82, 2.24) is 9.97 Å². The third kappa shape index (κ3) is 4.31. The molecular formula is C28H23N3. The van der Waals surface area contributed by atoms with E-state index < -0.39 is 0 Å². The lowest BCUT2D eigenvalue weighted by molar-refractivity contribution is 1.11. The Morgan fingerprint density at radius 2 is 1.29 bits per heavy atom. The van der Waals surface area contributed by atoms with Gasteiger partial charge in [0.15, 0.2) is 0 Å². The maximum Gasteiger partial charge on any atom is 0.126 e. The van der Waals surface area contributed by atoms with Crippen LogP contribution in [0.4, 0.5) is 5.82 Å². The maximum atomic E-state index is 4.50. The predicted octanol–water partition coefficient (Wildman–Crippen LogP) is 6.88. The predicted molar refractivity (Wildman–Crippen MR) is 129 cm³/mol. The van der Waals surface area contributed by atoms with Crippen molar-refractivity contribution in [3.63, 3.8) is 0 Å². The summed E-state index contributed by atoms with van der Waals surface area (Å²) >= 11 is 0. The van der Waals surface area contributed by atoms with E-state index in [0.717, 1.165) is 23.6 Å². The van der Waals surface area contributed by atoms with E-state index in [0.29, 0.717) is 0 Å². The Morgan fingerprint density at radius 1 is 0.613 bits per heavy atom. The van der Waals surface area contributed by atoms with E-state index in [1.807, 2.05) is 25.4 Å². The summed E-state index contributed by atoms with van der Waals surface area (Å²) in [6.45, 7) is 2.74. The number of anilines is 1. The number of benzene rings is 3. The summed E-state index contributed by atoms with van der Waals surface area (Å²) in [6, 6.07) is 32.0. The van der Waals surface area contributed by atoms with Gasteiger partial charge in [-0.25, -0.2) is 4.98 Å². The quantitative estimate of drug-likeness (QED) is 0.349. The summed E-state index contributed by atoms with van der Waals surface area (Å²) in [5.74, 6) is 0.875. The van der Waals surface area contributed by atoms with Crippen molar-refractivity contribution < 1.29 is 0 Å². The molecule has 0 spiro atoms. The molecular weight excluding hydrogens is 378 g/mol. The van der Waals surface area contributed by atoms with Gasteiger partial charge in [-0.05, 0) is 75.8 Å². The third-order valence-corrected chi connectivity index (χ3v) is 5.50. The average molecular weight is 402 g/mol. The number of aryl methyl sites for hydroxylation is 1. The van der Waals surface area contributed by atoms with Gasteiger partial charge in [-0.1, -0.05) is 60.7 Å². The number of nitrogens with one attached hydrogen (secondary N) is 1. The van der Waals surface area contributed by atoms with Crippen LogP contribution in [0.2, 0.25) is 0 Å². The molecule has 0 saturated carbocycles. The standard InChI is InChI=1S/C28H23N3/c1-20-16-26(12-14-29-20)23-8-6-21(7-9-23)19-31-28-18-27(13-15-30-28)25-11-10-22-4-2-3-5-24(22)17-25/h2-18H,19H2,1H3,(H,30,31). The first-order valence-electron chi connectivity index (χ1n) is 10.5. The molecule has 5 rings (SSSR count). The largest absolute Gasteiger partial charge is 0.366 e. The number of nitrogens with zero attached hydrogens (tertiary/aromatic N) is 2. The molecule has 0 radical (unpaired) electrons. The molecule has 0 aliphatic heterocycles. The van der Waals surface area contributed by atoms with E-state index in [1.165, 1.54) is 33.0 Å². The average Bonchev–Trinajstić information content (AvgIpc) is 2.83. The molecule has 2 aromatic heterocycles. The Hall–Kier alpha value is -3.98.